The summed E-state index contributed by atoms with van der Waals surface area (Å²) in [7, 11) is -3.35. The van der Waals surface area contributed by atoms with Crippen LogP contribution in [0.4, 0.5) is 11.4 Å². The Morgan fingerprint density at radius 2 is 1.72 bits per heavy atom. The summed E-state index contributed by atoms with van der Waals surface area (Å²) < 4.78 is 34.7. The number of nitrogens with one attached hydrogen (secondary N) is 1. The van der Waals surface area contributed by atoms with Crippen molar-refractivity contribution in [1.29, 1.82) is 0 Å². The number of nitro groups is 1. The maximum Gasteiger partial charge on any atom is 0.273 e. The third-order valence-electron chi connectivity index (χ3n) is 7.91. The van der Waals surface area contributed by atoms with Crippen LogP contribution in [0.5, 0.6) is 5.75 Å². The van der Waals surface area contributed by atoms with Crippen molar-refractivity contribution in [2.24, 2.45) is 0 Å². The Labute approximate surface area is 282 Å². The number of carbonyl (C=O) groups excluding carboxylic acids is 2. The molecule has 0 aliphatic heterocycles. The number of halogens is 3. The molecule has 15 heteroatoms. The quantitative estimate of drug-likeness (QED) is 0.166. The van der Waals surface area contributed by atoms with Crippen LogP contribution in [0.2, 0.25) is 15.1 Å². The zero-order valence-corrected chi connectivity index (χ0v) is 28.4. The molecule has 0 bridgehead atoms. The second-order valence-corrected chi connectivity index (χ2v) is 14.0. The number of hydrogen-bond acceptors (Lipinski definition) is 7. The minimum Gasteiger partial charge on any atom is -0.495 e. The van der Waals surface area contributed by atoms with Crippen LogP contribution < -0.4 is 14.4 Å². The van der Waals surface area contributed by atoms with Crippen molar-refractivity contribution in [2.75, 3.05) is 18.0 Å². The van der Waals surface area contributed by atoms with E-state index in [0.29, 0.717) is 5.56 Å². The standard InChI is InChI=1S/C31H33Cl3N4O7S/c1-19-11-13-23(16-27(19)38(41)42)46(43,44)37(28-15-21(32)12-14-29(28)45-3)18-30(39)36(17-24-25(33)9-6-10-26(24)34)20(2)31(40)35-22-7-4-5-8-22/h6,9-16,20,22H,4-5,7-8,17-18H2,1-3H3,(H,35,40)/t20-/m1/s1. The van der Waals surface area contributed by atoms with Crippen LogP contribution in [-0.2, 0) is 26.2 Å². The highest BCUT2D eigenvalue weighted by Crippen LogP contribution is 2.36. The van der Waals surface area contributed by atoms with Crippen molar-refractivity contribution in [3.63, 3.8) is 0 Å². The van der Waals surface area contributed by atoms with Crippen LogP contribution in [0, 0.1) is 17.0 Å². The number of benzene rings is 3. The van der Waals surface area contributed by atoms with Gasteiger partial charge in [-0.05, 0) is 63.1 Å². The number of methoxy groups -OCH3 is 1. The molecule has 3 aromatic carbocycles. The lowest BCUT2D eigenvalue weighted by Crippen LogP contribution is -2.52. The molecule has 1 fully saturated rings. The molecule has 246 valence electrons. The van der Waals surface area contributed by atoms with E-state index in [1.54, 1.807) is 18.2 Å². The van der Waals surface area contributed by atoms with Crippen molar-refractivity contribution in [1.82, 2.24) is 10.2 Å². The van der Waals surface area contributed by atoms with E-state index < -0.39 is 49.9 Å². The Kier molecular flexibility index (Phi) is 11.4. The first-order valence-electron chi connectivity index (χ1n) is 14.4. The predicted molar refractivity (Wildman–Crippen MR) is 177 cm³/mol. The number of anilines is 1. The van der Waals surface area contributed by atoms with Gasteiger partial charge in [-0.3, -0.25) is 24.0 Å². The number of aryl methyl sites for hydroxylation is 1. The van der Waals surface area contributed by atoms with E-state index in [4.69, 9.17) is 39.5 Å². The van der Waals surface area contributed by atoms with Crippen LogP contribution in [0.1, 0.15) is 43.7 Å². The first-order valence-corrected chi connectivity index (χ1v) is 17.0. The summed E-state index contributed by atoms with van der Waals surface area (Å²) in [5.41, 5.74) is 0.100. The van der Waals surface area contributed by atoms with Gasteiger partial charge in [-0.1, -0.05) is 59.8 Å². The number of rotatable bonds is 12. The molecule has 46 heavy (non-hydrogen) atoms. The molecule has 2 amide bonds. The van der Waals surface area contributed by atoms with E-state index in [-0.39, 0.29) is 44.7 Å². The number of nitrogens with zero attached hydrogens (tertiary/aromatic N) is 3. The molecule has 1 aliphatic rings. The van der Waals surface area contributed by atoms with Gasteiger partial charge in [0.2, 0.25) is 11.8 Å². The number of sulfonamides is 1. The number of carbonyl (C=O) groups is 2. The van der Waals surface area contributed by atoms with Crippen LogP contribution in [0.25, 0.3) is 0 Å². The minimum atomic E-state index is -4.67. The Morgan fingerprint density at radius 3 is 2.33 bits per heavy atom. The molecule has 0 saturated heterocycles. The van der Waals surface area contributed by atoms with Crippen LogP contribution in [0.15, 0.2) is 59.5 Å². The van der Waals surface area contributed by atoms with Crippen molar-refractivity contribution < 1.29 is 27.7 Å². The zero-order chi connectivity index (χ0) is 33.8. The summed E-state index contributed by atoms with van der Waals surface area (Å²) >= 11 is 19.2. The third-order valence-corrected chi connectivity index (χ3v) is 10.6. The molecular formula is C31H33Cl3N4O7S. The Balaban J connectivity index is 1.81. The lowest BCUT2D eigenvalue weighted by molar-refractivity contribution is -0.385. The maximum atomic E-state index is 14.3. The summed E-state index contributed by atoms with van der Waals surface area (Å²) in [5, 5.41) is 15.3. The van der Waals surface area contributed by atoms with Crippen molar-refractivity contribution in [3.8, 4) is 5.75 Å². The largest absolute Gasteiger partial charge is 0.495 e. The highest BCUT2D eigenvalue weighted by Gasteiger charge is 2.36. The summed E-state index contributed by atoms with van der Waals surface area (Å²) in [6.07, 6.45) is 3.57. The van der Waals surface area contributed by atoms with E-state index in [1.165, 1.54) is 56.2 Å². The van der Waals surface area contributed by atoms with E-state index >= 15 is 0 Å². The van der Waals surface area contributed by atoms with Crippen LogP contribution in [0.3, 0.4) is 0 Å². The number of ether oxygens (including phenoxy) is 1. The number of nitro benzene ring substituents is 1. The van der Waals surface area contributed by atoms with Gasteiger partial charge in [-0.2, -0.15) is 0 Å². The summed E-state index contributed by atoms with van der Waals surface area (Å²) in [4.78, 5) is 39.5. The van der Waals surface area contributed by atoms with E-state index in [2.05, 4.69) is 5.32 Å². The summed E-state index contributed by atoms with van der Waals surface area (Å²) in [6.45, 7) is 1.97. The number of hydrogen-bond donors (Lipinski definition) is 1. The fourth-order valence-electron chi connectivity index (χ4n) is 5.27. The molecule has 1 saturated carbocycles. The molecule has 0 heterocycles. The van der Waals surface area contributed by atoms with Gasteiger partial charge in [0.1, 0.15) is 18.3 Å². The third kappa shape index (κ3) is 7.86. The van der Waals surface area contributed by atoms with Gasteiger partial charge in [0.15, 0.2) is 0 Å². The molecule has 1 N–H and O–H groups in total. The Morgan fingerprint density at radius 1 is 1.07 bits per heavy atom. The monoisotopic (exact) mass is 710 g/mol. The highest BCUT2D eigenvalue weighted by molar-refractivity contribution is 7.92. The molecule has 0 spiro atoms. The maximum absolute atomic E-state index is 14.3. The van der Waals surface area contributed by atoms with Gasteiger partial charge in [0.05, 0.1) is 22.6 Å². The molecule has 4 rings (SSSR count). The average Bonchev–Trinajstić information content (AvgIpc) is 3.52. The lowest BCUT2D eigenvalue weighted by Gasteiger charge is -2.33. The van der Waals surface area contributed by atoms with Gasteiger partial charge in [-0.25, -0.2) is 8.42 Å². The SMILES string of the molecule is COc1ccc(Cl)cc1N(CC(=O)N(Cc1c(Cl)cccc1Cl)[C@H](C)C(=O)NC1CCCC1)S(=O)(=O)c1ccc(C)c([N+](=O)[O-])c1. The van der Waals surface area contributed by atoms with Crippen molar-refractivity contribution in [3.05, 3.63) is 90.9 Å². The summed E-state index contributed by atoms with van der Waals surface area (Å²) in [5.74, 6) is -1.14. The van der Waals surface area contributed by atoms with Gasteiger partial charge in [0.25, 0.3) is 15.7 Å². The fraction of sp³-hybridized carbons (Fsp3) is 0.355. The highest BCUT2D eigenvalue weighted by atomic mass is 35.5. The molecule has 1 aliphatic carbocycles. The second kappa shape index (κ2) is 14.9. The molecule has 0 radical (unpaired) electrons. The molecular weight excluding hydrogens is 679 g/mol. The average molecular weight is 712 g/mol. The smallest absolute Gasteiger partial charge is 0.273 e. The first-order chi connectivity index (χ1) is 21.7. The fourth-order valence-corrected chi connectivity index (χ4v) is 7.39. The Hall–Kier alpha value is -3.58. The zero-order valence-electron chi connectivity index (χ0n) is 25.3. The van der Waals surface area contributed by atoms with Crippen molar-refractivity contribution in [2.45, 2.75) is 63.1 Å². The minimum absolute atomic E-state index is 0.0410. The number of amides is 2. The van der Waals surface area contributed by atoms with Gasteiger partial charge >= 0.3 is 0 Å². The van der Waals surface area contributed by atoms with Gasteiger partial charge in [-0.15, -0.1) is 0 Å². The van der Waals surface area contributed by atoms with Crippen molar-refractivity contribution >= 4 is 68.0 Å². The lowest BCUT2D eigenvalue weighted by atomic mass is 10.1. The molecule has 11 nitrogen and oxygen atoms in total. The molecule has 0 aromatic heterocycles. The predicted octanol–water partition coefficient (Wildman–Crippen LogP) is 6.54. The summed E-state index contributed by atoms with van der Waals surface area (Å²) in [6, 6.07) is 11.4. The van der Waals surface area contributed by atoms with E-state index in [0.717, 1.165) is 36.1 Å². The normalized spacial score (nSPS) is 14.0. The Bertz CT molecular complexity index is 1730. The van der Waals surface area contributed by atoms with E-state index in [9.17, 15) is 28.1 Å². The first kappa shape index (κ1) is 35.3. The second-order valence-electron chi connectivity index (χ2n) is 10.9. The van der Waals surface area contributed by atoms with Gasteiger partial charge < -0.3 is 15.0 Å². The van der Waals surface area contributed by atoms with Gasteiger partial charge in [0, 0.05) is 44.8 Å². The van der Waals surface area contributed by atoms with E-state index in [1.807, 2.05) is 0 Å². The molecule has 1 atom stereocenters. The van der Waals surface area contributed by atoms with Crippen LogP contribution in [-0.4, -0.2) is 55.8 Å². The topological polar surface area (TPSA) is 139 Å². The molecule has 0 unspecified atom stereocenters. The molecule has 3 aromatic rings. The van der Waals surface area contributed by atoms with Crippen LogP contribution >= 0.6 is 34.8 Å².